The Kier molecular flexibility index (Phi) is 7.57. The van der Waals surface area contributed by atoms with Crippen LogP contribution in [0, 0.1) is 5.92 Å². The summed E-state index contributed by atoms with van der Waals surface area (Å²) in [7, 11) is -4.59. The minimum atomic E-state index is -4.59. The molecule has 1 aromatic rings. The Balaban J connectivity index is 2.83. The highest BCUT2D eigenvalue weighted by Gasteiger charge is 2.29. The summed E-state index contributed by atoms with van der Waals surface area (Å²) in [5.41, 5.74) is 6.14. The Labute approximate surface area is 141 Å². The molecule has 0 heterocycles. The minimum absolute atomic E-state index is 0.0148. The molecule has 0 aliphatic heterocycles. The van der Waals surface area contributed by atoms with Crippen molar-refractivity contribution >= 4 is 19.6 Å². The van der Waals surface area contributed by atoms with Crippen molar-refractivity contribution in [1.82, 2.24) is 10.4 Å². The van der Waals surface area contributed by atoms with Gasteiger partial charge in [-0.1, -0.05) is 44.2 Å². The SMILES string of the molecule is CC(C)C[C@H](NP(=O)(O)O)C(=O)N[C@@H](Cc1ccccc1)C(N)=O. The summed E-state index contributed by atoms with van der Waals surface area (Å²) in [5.74, 6) is -1.38. The summed E-state index contributed by atoms with van der Waals surface area (Å²) in [6.07, 6.45) is 0.403. The molecule has 24 heavy (non-hydrogen) atoms. The summed E-state index contributed by atoms with van der Waals surface area (Å²) < 4.78 is 11.1. The van der Waals surface area contributed by atoms with Crippen molar-refractivity contribution in [2.24, 2.45) is 11.7 Å². The van der Waals surface area contributed by atoms with Gasteiger partial charge in [0.05, 0.1) is 6.04 Å². The largest absolute Gasteiger partial charge is 0.401 e. The summed E-state index contributed by atoms with van der Waals surface area (Å²) in [4.78, 5) is 42.1. The van der Waals surface area contributed by atoms with Crippen LogP contribution in [0.25, 0.3) is 0 Å². The van der Waals surface area contributed by atoms with Gasteiger partial charge in [-0.05, 0) is 17.9 Å². The average Bonchev–Trinajstić information content (AvgIpc) is 2.44. The van der Waals surface area contributed by atoms with Gasteiger partial charge in [0.2, 0.25) is 11.8 Å². The van der Waals surface area contributed by atoms with E-state index in [-0.39, 0.29) is 18.8 Å². The molecule has 0 aliphatic rings. The number of nitrogens with one attached hydrogen (secondary N) is 2. The highest BCUT2D eigenvalue weighted by Crippen LogP contribution is 2.30. The molecule has 134 valence electrons. The van der Waals surface area contributed by atoms with E-state index in [0.29, 0.717) is 0 Å². The van der Waals surface area contributed by atoms with Crippen molar-refractivity contribution < 1.29 is 23.9 Å². The lowest BCUT2D eigenvalue weighted by Gasteiger charge is -2.23. The minimum Gasteiger partial charge on any atom is -0.368 e. The van der Waals surface area contributed by atoms with Crippen LogP contribution in [0.1, 0.15) is 25.8 Å². The van der Waals surface area contributed by atoms with Gasteiger partial charge in [0.25, 0.3) is 0 Å². The number of nitrogens with two attached hydrogens (primary N) is 1. The molecule has 2 amide bonds. The van der Waals surface area contributed by atoms with Crippen molar-refractivity contribution in [2.45, 2.75) is 38.8 Å². The third-order valence-corrected chi connectivity index (χ3v) is 3.94. The highest BCUT2D eigenvalue weighted by atomic mass is 31.2. The maximum atomic E-state index is 12.3. The Bertz CT molecular complexity index is 602. The molecular formula is C15H24N3O5P. The normalized spacial score (nSPS) is 14.2. The van der Waals surface area contributed by atoms with Crippen LogP contribution in [-0.2, 0) is 20.6 Å². The summed E-state index contributed by atoms with van der Waals surface area (Å²) in [5, 5.41) is 4.47. The molecule has 0 aromatic heterocycles. The Morgan fingerprint density at radius 1 is 1.17 bits per heavy atom. The summed E-state index contributed by atoms with van der Waals surface area (Å²) >= 11 is 0. The van der Waals surface area contributed by atoms with E-state index in [9.17, 15) is 14.2 Å². The number of carbonyl (C=O) groups excluding carboxylic acids is 2. The number of hydrogen-bond donors (Lipinski definition) is 5. The van der Waals surface area contributed by atoms with Crippen LogP contribution >= 0.6 is 7.75 Å². The van der Waals surface area contributed by atoms with E-state index >= 15 is 0 Å². The topological polar surface area (TPSA) is 142 Å². The van der Waals surface area contributed by atoms with E-state index in [4.69, 9.17) is 15.5 Å². The van der Waals surface area contributed by atoms with Crippen LogP contribution in [0.15, 0.2) is 30.3 Å². The molecule has 0 unspecified atom stereocenters. The smallest absolute Gasteiger partial charge is 0.368 e. The highest BCUT2D eigenvalue weighted by molar-refractivity contribution is 7.49. The van der Waals surface area contributed by atoms with E-state index in [0.717, 1.165) is 5.56 Å². The second kappa shape index (κ2) is 8.94. The quantitative estimate of drug-likeness (QED) is 0.402. The molecule has 0 bridgehead atoms. The predicted molar refractivity (Wildman–Crippen MR) is 89.7 cm³/mol. The third kappa shape index (κ3) is 7.70. The van der Waals surface area contributed by atoms with Gasteiger partial charge in [-0.2, -0.15) is 0 Å². The lowest BCUT2D eigenvalue weighted by molar-refractivity contribution is -0.128. The lowest BCUT2D eigenvalue weighted by Crippen LogP contribution is -2.52. The zero-order valence-electron chi connectivity index (χ0n) is 13.7. The Morgan fingerprint density at radius 2 is 1.75 bits per heavy atom. The van der Waals surface area contributed by atoms with Crippen LogP contribution in [0.3, 0.4) is 0 Å². The average molecular weight is 357 g/mol. The second-order valence-corrected chi connectivity index (χ2v) is 7.35. The van der Waals surface area contributed by atoms with Crippen LogP contribution in [0.5, 0.6) is 0 Å². The van der Waals surface area contributed by atoms with Gasteiger partial charge in [-0.25, -0.2) is 9.65 Å². The first kappa shape index (κ1) is 20.3. The Hall–Kier alpha value is -1.73. The van der Waals surface area contributed by atoms with Gasteiger partial charge < -0.3 is 20.8 Å². The van der Waals surface area contributed by atoms with Crippen LogP contribution in [-0.4, -0.2) is 33.7 Å². The van der Waals surface area contributed by atoms with E-state index in [2.05, 4.69) is 5.32 Å². The number of benzene rings is 1. The maximum Gasteiger partial charge on any atom is 0.401 e. The molecule has 0 spiro atoms. The van der Waals surface area contributed by atoms with Crippen LogP contribution in [0.2, 0.25) is 0 Å². The fourth-order valence-electron chi connectivity index (χ4n) is 2.24. The molecule has 1 rings (SSSR count). The van der Waals surface area contributed by atoms with Gasteiger partial charge in [0.1, 0.15) is 6.04 Å². The first-order valence-electron chi connectivity index (χ1n) is 7.55. The third-order valence-electron chi connectivity index (χ3n) is 3.29. The van der Waals surface area contributed by atoms with Crippen molar-refractivity contribution in [1.29, 1.82) is 0 Å². The molecule has 6 N–H and O–H groups in total. The summed E-state index contributed by atoms with van der Waals surface area (Å²) in [6.45, 7) is 3.63. The van der Waals surface area contributed by atoms with Crippen molar-refractivity contribution in [3.63, 3.8) is 0 Å². The second-order valence-electron chi connectivity index (χ2n) is 6.01. The molecule has 2 atom stereocenters. The Morgan fingerprint density at radius 3 is 2.21 bits per heavy atom. The maximum absolute atomic E-state index is 12.3. The van der Waals surface area contributed by atoms with Gasteiger partial charge in [-0.15, -0.1) is 0 Å². The van der Waals surface area contributed by atoms with E-state index in [1.54, 1.807) is 24.3 Å². The zero-order chi connectivity index (χ0) is 18.3. The molecule has 0 fully saturated rings. The molecule has 0 aliphatic carbocycles. The molecule has 1 aromatic carbocycles. The fourth-order valence-corrected chi connectivity index (χ4v) is 2.87. The molecule has 8 nitrogen and oxygen atoms in total. The number of carbonyl (C=O) groups is 2. The van der Waals surface area contributed by atoms with Gasteiger partial charge in [-0.3, -0.25) is 9.59 Å². The number of primary amides is 1. The molecule has 0 radical (unpaired) electrons. The molecular weight excluding hydrogens is 333 g/mol. The van der Waals surface area contributed by atoms with Crippen molar-refractivity contribution in [3.8, 4) is 0 Å². The van der Waals surface area contributed by atoms with E-state index in [1.165, 1.54) is 0 Å². The van der Waals surface area contributed by atoms with Gasteiger partial charge in [0, 0.05) is 6.42 Å². The van der Waals surface area contributed by atoms with Crippen LogP contribution in [0.4, 0.5) is 0 Å². The zero-order valence-corrected chi connectivity index (χ0v) is 14.6. The van der Waals surface area contributed by atoms with Crippen LogP contribution < -0.4 is 16.1 Å². The first-order valence-corrected chi connectivity index (χ1v) is 9.16. The monoisotopic (exact) mass is 357 g/mol. The number of rotatable bonds is 9. The van der Waals surface area contributed by atoms with E-state index in [1.807, 2.05) is 25.0 Å². The molecule has 0 saturated heterocycles. The predicted octanol–water partition coefficient (Wildman–Crippen LogP) is 0.296. The van der Waals surface area contributed by atoms with E-state index < -0.39 is 31.6 Å². The van der Waals surface area contributed by atoms with Gasteiger partial charge >= 0.3 is 7.75 Å². The van der Waals surface area contributed by atoms with Crippen molar-refractivity contribution in [2.75, 3.05) is 0 Å². The molecule has 9 heteroatoms. The fraction of sp³-hybridized carbons (Fsp3) is 0.467. The van der Waals surface area contributed by atoms with Crippen molar-refractivity contribution in [3.05, 3.63) is 35.9 Å². The molecule has 0 saturated carbocycles. The van der Waals surface area contributed by atoms with Gasteiger partial charge in [0.15, 0.2) is 0 Å². The number of amides is 2. The number of hydrogen-bond acceptors (Lipinski definition) is 3. The summed E-state index contributed by atoms with van der Waals surface area (Å²) in [6, 6.07) is 6.92. The first-order chi connectivity index (χ1) is 11.1. The lowest BCUT2D eigenvalue weighted by atomic mass is 10.0. The standard InChI is InChI=1S/C15H24N3O5P/c1-10(2)8-13(18-24(21,22)23)15(20)17-12(14(16)19)9-11-6-4-3-5-7-11/h3-7,10,12-13H,8-9H2,1-2H3,(H2,16,19)(H,17,20)(H3,18,21,22,23)/t12-,13-/m0/s1.